The number of benzene rings is 3. The smallest absolute Gasteiger partial charge is 0.174 e. The van der Waals surface area contributed by atoms with Gasteiger partial charge in [0.25, 0.3) is 0 Å². The van der Waals surface area contributed by atoms with Gasteiger partial charge in [-0.1, -0.05) is 83.3 Å². The maximum absolute atomic E-state index is 10.3. The normalized spacial score (nSPS) is 11.7. The number of phenolic OH excluding ortho intramolecular Hbond substituents is 1. The topological polar surface area (TPSA) is 35.5 Å². The van der Waals surface area contributed by atoms with Crippen LogP contribution in [-0.2, 0) is 6.54 Å². The number of anilines is 1. The van der Waals surface area contributed by atoms with E-state index >= 15 is 0 Å². The molecule has 3 nitrogen and oxygen atoms in total. The van der Waals surface area contributed by atoms with E-state index in [0.29, 0.717) is 32.4 Å². The number of thiocarbonyl (C=S) groups is 1. The minimum Gasteiger partial charge on any atom is -0.508 e. The Morgan fingerprint density at radius 1 is 1.00 bits per heavy atom. The molecule has 0 aliphatic rings. The van der Waals surface area contributed by atoms with Gasteiger partial charge in [-0.05, 0) is 42.9 Å². The van der Waals surface area contributed by atoms with Crippen molar-refractivity contribution in [3.05, 3.63) is 92.9 Å². The number of nitrogens with zero attached hydrogens (tertiary/aromatic N) is 1. The Hall–Kier alpha value is -1.98. The highest BCUT2D eigenvalue weighted by Crippen LogP contribution is 2.35. The molecule has 0 spiro atoms. The quantitative estimate of drug-likeness (QED) is 0.387. The molecule has 0 aliphatic heterocycles. The molecule has 0 aromatic heterocycles. The van der Waals surface area contributed by atoms with Crippen LogP contribution in [-0.4, -0.2) is 15.1 Å². The maximum atomic E-state index is 10.3. The van der Waals surface area contributed by atoms with Crippen LogP contribution in [0.1, 0.15) is 24.1 Å². The van der Waals surface area contributed by atoms with Crippen molar-refractivity contribution in [1.82, 2.24) is 4.90 Å². The molecule has 0 heterocycles. The van der Waals surface area contributed by atoms with Crippen molar-refractivity contribution in [3.63, 3.8) is 0 Å². The summed E-state index contributed by atoms with van der Waals surface area (Å²) >= 11 is 24.4. The van der Waals surface area contributed by atoms with E-state index in [2.05, 4.69) is 5.32 Å². The Bertz CT molecular complexity index is 991. The van der Waals surface area contributed by atoms with E-state index in [4.69, 9.17) is 47.0 Å². The monoisotopic (exact) mass is 464 g/mol. The highest BCUT2D eigenvalue weighted by atomic mass is 35.5. The molecule has 150 valence electrons. The average molecular weight is 466 g/mol. The molecule has 0 radical (unpaired) electrons. The fraction of sp³-hybridized carbons (Fsp3) is 0.136. The van der Waals surface area contributed by atoms with Crippen LogP contribution in [0, 0.1) is 0 Å². The zero-order valence-corrected chi connectivity index (χ0v) is 18.7. The molecule has 0 saturated heterocycles. The second-order valence-corrected chi connectivity index (χ2v) is 8.16. The van der Waals surface area contributed by atoms with Gasteiger partial charge in [0.05, 0.1) is 21.8 Å². The van der Waals surface area contributed by atoms with Crippen LogP contribution in [0.4, 0.5) is 5.69 Å². The van der Waals surface area contributed by atoms with Crippen molar-refractivity contribution in [1.29, 1.82) is 0 Å². The molecule has 3 aromatic rings. The van der Waals surface area contributed by atoms with E-state index in [9.17, 15) is 5.11 Å². The largest absolute Gasteiger partial charge is 0.508 e. The standard InChI is InChI=1S/C22H19Cl3N2OS/c1-14(17-9-5-6-10-20(17)28)27(13-15-7-3-2-4-8-15)22(29)26-21-18(24)11-16(23)12-19(21)25/h2-12,14,28H,13H2,1H3,(H,26,29)/t14-/m0/s1. The fourth-order valence-electron chi connectivity index (χ4n) is 3.01. The van der Waals surface area contributed by atoms with Gasteiger partial charge in [0, 0.05) is 17.1 Å². The SMILES string of the molecule is C[C@@H](c1ccccc1O)N(Cc1ccccc1)C(=S)Nc1c(Cl)cc(Cl)cc1Cl. The molecule has 0 bridgehead atoms. The van der Waals surface area contributed by atoms with Gasteiger partial charge in [-0.25, -0.2) is 0 Å². The lowest BCUT2D eigenvalue weighted by Crippen LogP contribution is -2.36. The van der Waals surface area contributed by atoms with Crippen LogP contribution in [0.25, 0.3) is 0 Å². The molecule has 7 heteroatoms. The van der Waals surface area contributed by atoms with Crippen LogP contribution in [0.3, 0.4) is 0 Å². The van der Waals surface area contributed by atoms with Crippen LogP contribution >= 0.6 is 47.0 Å². The van der Waals surface area contributed by atoms with Gasteiger partial charge in [0.1, 0.15) is 5.75 Å². The van der Waals surface area contributed by atoms with E-state index in [1.807, 2.05) is 54.3 Å². The summed E-state index contributed by atoms with van der Waals surface area (Å²) in [6, 6.07) is 20.2. The highest BCUT2D eigenvalue weighted by molar-refractivity contribution is 7.80. The number of rotatable bonds is 5. The van der Waals surface area contributed by atoms with Crippen molar-refractivity contribution in [2.75, 3.05) is 5.32 Å². The third-order valence-corrected chi connectivity index (χ3v) is 5.70. The molecule has 0 saturated carbocycles. The summed E-state index contributed by atoms with van der Waals surface area (Å²) in [5.41, 5.74) is 2.33. The Morgan fingerprint density at radius 2 is 1.59 bits per heavy atom. The third-order valence-electron chi connectivity index (χ3n) is 4.55. The number of hydrogen-bond acceptors (Lipinski definition) is 2. The summed E-state index contributed by atoms with van der Waals surface area (Å²) < 4.78 is 0. The number of halogens is 3. The first-order valence-corrected chi connectivity index (χ1v) is 10.4. The molecule has 3 aromatic carbocycles. The molecule has 0 fully saturated rings. The third kappa shape index (κ3) is 5.34. The van der Waals surface area contributed by atoms with Gasteiger partial charge < -0.3 is 15.3 Å². The van der Waals surface area contributed by atoms with Gasteiger partial charge >= 0.3 is 0 Å². The van der Waals surface area contributed by atoms with Gasteiger partial charge in [0.15, 0.2) is 5.11 Å². The van der Waals surface area contributed by atoms with Crippen molar-refractivity contribution >= 4 is 57.8 Å². The number of phenols is 1. The molecule has 2 N–H and O–H groups in total. The summed E-state index contributed by atoms with van der Waals surface area (Å²) in [5, 5.41) is 15.1. The van der Waals surface area contributed by atoms with Gasteiger partial charge in [-0.3, -0.25) is 0 Å². The predicted molar refractivity (Wildman–Crippen MR) is 126 cm³/mol. The lowest BCUT2D eigenvalue weighted by Gasteiger charge is -2.33. The number of nitrogens with one attached hydrogen (secondary N) is 1. The van der Waals surface area contributed by atoms with E-state index in [1.165, 1.54) is 0 Å². The van der Waals surface area contributed by atoms with Crippen LogP contribution in [0.5, 0.6) is 5.75 Å². The lowest BCUT2D eigenvalue weighted by molar-refractivity contribution is 0.324. The molecular weight excluding hydrogens is 447 g/mol. The zero-order valence-electron chi connectivity index (χ0n) is 15.6. The van der Waals surface area contributed by atoms with Crippen LogP contribution < -0.4 is 5.32 Å². The van der Waals surface area contributed by atoms with Crippen molar-refractivity contribution in [2.24, 2.45) is 0 Å². The number of aromatic hydroxyl groups is 1. The average Bonchev–Trinajstić information content (AvgIpc) is 2.69. The van der Waals surface area contributed by atoms with Gasteiger partial charge in [0.2, 0.25) is 0 Å². The number of para-hydroxylation sites is 1. The maximum Gasteiger partial charge on any atom is 0.174 e. The summed E-state index contributed by atoms with van der Waals surface area (Å²) in [5.74, 6) is 0.211. The van der Waals surface area contributed by atoms with E-state index in [-0.39, 0.29) is 11.8 Å². The first kappa shape index (κ1) is 21.7. The van der Waals surface area contributed by atoms with Crippen molar-refractivity contribution in [3.8, 4) is 5.75 Å². The lowest BCUT2D eigenvalue weighted by atomic mass is 10.1. The Kier molecular flexibility index (Phi) is 7.25. The zero-order chi connectivity index (χ0) is 21.0. The molecule has 0 amide bonds. The summed E-state index contributed by atoms with van der Waals surface area (Å²) in [4.78, 5) is 1.97. The predicted octanol–water partition coefficient (Wildman–Crippen LogP) is 7.31. The van der Waals surface area contributed by atoms with Crippen LogP contribution in [0.15, 0.2) is 66.7 Å². The summed E-state index contributed by atoms with van der Waals surface area (Å²) in [7, 11) is 0. The fourth-order valence-corrected chi connectivity index (χ4v) is 4.25. The van der Waals surface area contributed by atoms with E-state index in [0.717, 1.165) is 11.1 Å². The Balaban J connectivity index is 1.94. The van der Waals surface area contributed by atoms with E-state index < -0.39 is 0 Å². The second kappa shape index (κ2) is 9.68. The number of hydrogen-bond donors (Lipinski definition) is 2. The molecule has 3 rings (SSSR count). The summed E-state index contributed by atoms with van der Waals surface area (Å²) in [6.45, 7) is 2.52. The van der Waals surface area contributed by atoms with Crippen molar-refractivity contribution < 1.29 is 5.11 Å². The van der Waals surface area contributed by atoms with E-state index in [1.54, 1.807) is 24.3 Å². The second-order valence-electron chi connectivity index (χ2n) is 6.52. The highest BCUT2D eigenvalue weighted by Gasteiger charge is 2.23. The molecule has 0 unspecified atom stereocenters. The minimum absolute atomic E-state index is 0.207. The summed E-state index contributed by atoms with van der Waals surface area (Å²) in [6.07, 6.45) is 0. The molecule has 1 atom stereocenters. The molecule has 0 aliphatic carbocycles. The first-order chi connectivity index (χ1) is 13.9. The Labute approximate surface area is 190 Å². The van der Waals surface area contributed by atoms with Crippen molar-refractivity contribution in [2.45, 2.75) is 19.5 Å². The molecule has 29 heavy (non-hydrogen) atoms. The minimum atomic E-state index is -0.207. The first-order valence-electron chi connectivity index (χ1n) is 8.91. The van der Waals surface area contributed by atoms with Gasteiger partial charge in [-0.2, -0.15) is 0 Å². The Morgan fingerprint density at radius 3 is 2.21 bits per heavy atom. The van der Waals surface area contributed by atoms with Gasteiger partial charge in [-0.15, -0.1) is 0 Å². The van der Waals surface area contributed by atoms with Crippen LogP contribution in [0.2, 0.25) is 15.1 Å². The molecular formula is C22H19Cl3N2OS.